The highest BCUT2D eigenvalue weighted by Crippen LogP contribution is 2.37. The highest BCUT2D eigenvalue weighted by molar-refractivity contribution is 7.90. The maximum absolute atomic E-state index is 14.8. The summed E-state index contributed by atoms with van der Waals surface area (Å²) in [6.07, 6.45) is 2.64. The van der Waals surface area contributed by atoms with Gasteiger partial charge < -0.3 is 19.7 Å². The summed E-state index contributed by atoms with van der Waals surface area (Å²) in [6.45, 7) is 1.21. The predicted molar refractivity (Wildman–Crippen MR) is 118 cm³/mol. The summed E-state index contributed by atoms with van der Waals surface area (Å²) in [5.74, 6) is -0.348. The molecule has 0 bridgehead atoms. The van der Waals surface area contributed by atoms with Crippen LogP contribution in [0.1, 0.15) is 48.4 Å². The van der Waals surface area contributed by atoms with Crippen molar-refractivity contribution in [2.45, 2.75) is 55.3 Å². The van der Waals surface area contributed by atoms with Crippen LogP contribution in [0.4, 0.5) is 20.7 Å². The second-order valence-electron chi connectivity index (χ2n) is 9.07. The van der Waals surface area contributed by atoms with E-state index in [0.29, 0.717) is 31.0 Å². The number of sulfone groups is 1. The van der Waals surface area contributed by atoms with Crippen molar-refractivity contribution >= 4 is 27.4 Å². The number of amides is 1. The van der Waals surface area contributed by atoms with Crippen LogP contribution < -0.4 is 5.32 Å². The second-order valence-corrected chi connectivity index (χ2v) is 11.1. The lowest BCUT2D eigenvalue weighted by Crippen LogP contribution is -2.39. The number of benzene rings is 1. The number of aromatic nitrogens is 2. The average Bonchev–Trinajstić information content (AvgIpc) is 3.55. The van der Waals surface area contributed by atoms with Gasteiger partial charge in [-0.25, -0.2) is 17.6 Å². The summed E-state index contributed by atoms with van der Waals surface area (Å²) in [7, 11) is -1.54. The molecule has 33 heavy (non-hydrogen) atoms. The third kappa shape index (κ3) is 4.56. The molecule has 3 atom stereocenters. The Morgan fingerprint density at radius 3 is 2.94 bits per heavy atom. The van der Waals surface area contributed by atoms with Gasteiger partial charge in [0.1, 0.15) is 6.10 Å². The molecular weight excluding hydrogens is 451 g/mol. The molecule has 0 radical (unpaired) electrons. The van der Waals surface area contributed by atoms with Gasteiger partial charge in [0, 0.05) is 36.9 Å². The molecular formula is C22H27FN4O5S. The monoisotopic (exact) mass is 478 g/mol. The summed E-state index contributed by atoms with van der Waals surface area (Å²) in [4.78, 5) is 14.1. The zero-order valence-corrected chi connectivity index (χ0v) is 19.2. The van der Waals surface area contributed by atoms with Gasteiger partial charge in [-0.2, -0.15) is 5.10 Å². The van der Waals surface area contributed by atoms with Crippen molar-refractivity contribution in [2.24, 2.45) is 0 Å². The molecule has 2 aliphatic heterocycles. The molecule has 178 valence electrons. The normalized spacial score (nSPS) is 25.7. The van der Waals surface area contributed by atoms with Crippen molar-refractivity contribution in [3.63, 3.8) is 0 Å². The number of anilines is 2. The van der Waals surface area contributed by atoms with Crippen LogP contribution in [0.25, 0.3) is 0 Å². The zero-order valence-electron chi connectivity index (χ0n) is 18.3. The minimum atomic E-state index is -3.28. The van der Waals surface area contributed by atoms with Gasteiger partial charge in [0.25, 0.3) is 0 Å². The number of ether oxygens (including phenoxy) is 2. The molecule has 3 heterocycles. The molecule has 5 rings (SSSR count). The van der Waals surface area contributed by atoms with Crippen molar-refractivity contribution in [3.05, 3.63) is 40.8 Å². The number of aromatic amines is 1. The minimum absolute atomic E-state index is 0.0654. The number of rotatable bonds is 5. The molecule has 9 nitrogen and oxygen atoms in total. The minimum Gasteiger partial charge on any atom is -0.446 e. The Morgan fingerprint density at radius 2 is 2.15 bits per heavy atom. The van der Waals surface area contributed by atoms with E-state index in [1.807, 2.05) is 6.07 Å². The largest absolute Gasteiger partial charge is 0.446 e. The summed E-state index contributed by atoms with van der Waals surface area (Å²) in [5.41, 5.74) is 1.82. The first kappa shape index (κ1) is 22.1. The van der Waals surface area contributed by atoms with Crippen molar-refractivity contribution < 1.29 is 27.1 Å². The van der Waals surface area contributed by atoms with Crippen LogP contribution in [-0.4, -0.2) is 62.0 Å². The lowest BCUT2D eigenvalue weighted by atomic mass is 10.0. The molecule has 1 saturated heterocycles. The maximum Gasteiger partial charge on any atom is 0.410 e. The number of carbonyl (C=O) groups is 1. The van der Waals surface area contributed by atoms with Gasteiger partial charge >= 0.3 is 6.09 Å². The fourth-order valence-corrected chi connectivity index (χ4v) is 6.43. The number of H-pyrrole nitrogens is 1. The van der Waals surface area contributed by atoms with Crippen LogP contribution in [0.5, 0.6) is 0 Å². The molecule has 11 heteroatoms. The Hall–Kier alpha value is -2.66. The van der Waals surface area contributed by atoms with E-state index in [1.54, 1.807) is 24.1 Å². The van der Waals surface area contributed by atoms with E-state index in [4.69, 9.17) is 9.47 Å². The first-order chi connectivity index (χ1) is 15.8. The third-order valence-electron chi connectivity index (χ3n) is 6.77. The number of carbonyl (C=O) groups excluding carboxylic acids is 1. The highest BCUT2D eigenvalue weighted by atomic mass is 32.2. The molecule has 3 aliphatic rings. The molecule has 1 aliphatic carbocycles. The van der Waals surface area contributed by atoms with Crippen molar-refractivity contribution in [2.75, 3.05) is 25.6 Å². The second kappa shape index (κ2) is 8.60. The molecule has 2 N–H and O–H groups in total. The van der Waals surface area contributed by atoms with Gasteiger partial charge in [0.05, 0.1) is 29.8 Å². The van der Waals surface area contributed by atoms with E-state index in [0.717, 1.165) is 25.0 Å². The summed E-state index contributed by atoms with van der Waals surface area (Å²) in [6, 6.07) is 5.07. The average molecular weight is 479 g/mol. The van der Waals surface area contributed by atoms with Crippen LogP contribution in [-0.2, 0) is 30.8 Å². The smallest absolute Gasteiger partial charge is 0.410 e. The van der Waals surface area contributed by atoms with Crippen LogP contribution in [0.15, 0.2) is 18.2 Å². The molecule has 1 aromatic heterocycles. The zero-order chi connectivity index (χ0) is 23.2. The molecule has 0 spiro atoms. The molecule has 1 saturated carbocycles. The topological polar surface area (TPSA) is 114 Å². The van der Waals surface area contributed by atoms with Crippen LogP contribution >= 0.6 is 0 Å². The van der Waals surface area contributed by atoms with Gasteiger partial charge in [-0.3, -0.25) is 5.10 Å². The van der Waals surface area contributed by atoms with E-state index in [1.165, 1.54) is 0 Å². The van der Waals surface area contributed by atoms with E-state index in [-0.39, 0.29) is 46.9 Å². The fourth-order valence-electron chi connectivity index (χ4n) is 4.84. The van der Waals surface area contributed by atoms with E-state index < -0.39 is 15.7 Å². The standard InChI is InChI=1S/C22H27FN4O5S/c1-27(15-6-7-31-10-15)22(28)32-16-4-2-13(8-16)19-9-20(26-25-19)24-18-5-3-14-11-33(29,30)12-17(14)21(18)23/h3,5,9,13,15-16H,2,4,6-8,10-12H2,1H3,(H2,24,25,26). The Bertz CT molecular complexity index is 1160. The van der Waals surface area contributed by atoms with E-state index in [9.17, 15) is 17.6 Å². The van der Waals surface area contributed by atoms with Crippen LogP contribution in [0, 0.1) is 5.82 Å². The number of nitrogens with zero attached hydrogens (tertiary/aromatic N) is 2. The Morgan fingerprint density at radius 1 is 1.30 bits per heavy atom. The molecule has 3 unspecified atom stereocenters. The fraction of sp³-hybridized carbons (Fsp3) is 0.545. The first-order valence-electron chi connectivity index (χ1n) is 11.1. The van der Waals surface area contributed by atoms with Gasteiger partial charge in [-0.05, 0) is 37.3 Å². The molecule has 1 aromatic carbocycles. The summed E-state index contributed by atoms with van der Waals surface area (Å²) < 4.78 is 49.5. The highest BCUT2D eigenvalue weighted by Gasteiger charge is 2.33. The number of hydrogen-bond acceptors (Lipinski definition) is 7. The molecule has 1 amide bonds. The Balaban J connectivity index is 1.19. The van der Waals surface area contributed by atoms with Crippen molar-refractivity contribution in [1.29, 1.82) is 0 Å². The molecule has 2 fully saturated rings. The lowest BCUT2D eigenvalue weighted by molar-refractivity contribution is 0.0581. The van der Waals surface area contributed by atoms with E-state index >= 15 is 0 Å². The van der Waals surface area contributed by atoms with Crippen LogP contribution in [0.2, 0.25) is 0 Å². The van der Waals surface area contributed by atoms with Gasteiger partial charge in [0.2, 0.25) is 0 Å². The van der Waals surface area contributed by atoms with Gasteiger partial charge in [-0.1, -0.05) is 6.07 Å². The predicted octanol–water partition coefficient (Wildman–Crippen LogP) is 3.21. The first-order valence-corrected chi connectivity index (χ1v) is 13.0. The number of nitrogens with one attached hydrogen (secondary N) is 2. The van der Waals surface area contributed by atoms with Crippen molar-refractivity contribution in [1.82, 2.24) is 15.1 Å². The number of likely N-dealkylation sites (N-methyl/N-ethyl adjacent to an activating group) is 1. The van der Waals surface area contributed by atoms with Gasteiger partial charge in [0.15, 0.2) is 21.5 Å². The van der Waals surface area contributed by atoms with E-state index in [2.05, 4.69) is 15.5 Å². The quantitative estimate of drug-likeness (QED) is 0.678. The number of fused-ring (bicyclic) bond motifs is 1. The number of hydrogen-bond donors (Lipinski definition) is 2. The van der Waals surface area contributed by atoms with Crippen molar-refractivity contribution in [3.8, 4) is 0 Å². The summed E-state index contributed by atoms with van der Waals surface area (Å²) in [5, 5.41) is 10.2. The summed E-state index contributed by atoms with van der Waals surface area (Å²) >= 11 is 0. The van der Waals surface area contributed by atoms with Gasteiger partial charge in [-0.15, -0.1) is 0 Å². The number of halogens is 1. The SMILES string of the molecule is CN(C(=O)OC1CCC(c2cc(Nc3ccc4c(c3F)CS(=O)(=O)C4)n[nH]2)C1)C1CCOC1. The Kier molecular flexibility index (Phi) is 5.77. The molecule has 2 aromatic rings. The third-order valence-corrected chi connectivity index (χ3v) is 8.25. The Labute approximate surface area is 191 Å². The maximum atomic E-state index is 14.8. The van der Waals surface area contributed by atoms with Crippen LogP contribution in [0.3, 0.4) is 0 Å². The lowest BCUT2D eigenvalue weighted by Gasteiger charge is -2.24.